The highest BCUT2D eigenvalue weighted by molar-refractivity contribution is 5.95. The molecule has 0 radical (unpaired) electrons. The van der Waals surface area contributed by atoms with E-state index in [9.17, 15) is 14.4 Å². The summed E-state index contributed by atoms with van der Waals surface area (Å²) in [6, 6.07) is 6.09. The van der Waals surface area contributed by atoms with E-state index in [4.69, 9.17) is 14.5 Å². The van der Waals surface area contributed by atoms with Gasteiger partial charge in [0.05, 0.1) is 6.20 Å². The normalized spacial score (nSPS) is 14.0. The molecule has 230 valence electrons. The first kappa shape index (κ1) is 32.6. The Morgan fingerprint density at radius 1 is 1.05 bits per heavy atom. The minimum Gasteiger partial charge on any atom is -0.458 e. The lowest BCUT2D eigenvalue weighted by molar-refractivity contribution is -0.155. The molecule has 1 aromatic carbocycles. The van der Waals surface area contributed by atoms with Gasteiger partial charge >= 0.3 is 12.1 Å². The second-order valence-corrected chi connectivity index (χ2v) is 11.7. The average molecular weight is 583 g/mol. The van der Waals surface area contributed by atoms with E-state index in [1.807, 2.05) is 65.5 Å². The number of likely N-dealkylation sites (tertiary alicyclic amines) is 1. The Bertz CT molecular complexity index is 1220. The van der Waals surface area contributed by atoms with Crippen LogP contribution in [0.15, 0.2) is 30.5 Å². The number of rotatable bonds is 11. The van der Waals surface area contributed by atoms with Crippen molar-refractivity contribution < 1.29 is 23.9 Å². The zero-order chi connectivity index (χ0) is 31.0. The Labute approximate surface area is 249 Å². The van der Waals surface area contributed by atoms with Gasteiger partial charge in [0.1, 0.15) is 23.1 Å². The zero-order valence-electron chi connectivity index (χ0n) is 26.3. The molecule has 1 aromatic heterocycles. The molecule has 0 spiro atoms. The Morgan fingerprint density at radius 3 is 2.19 bits per heavy atom. The highest BCUT2D eigenvalue weighted by atomic mass is 16.6. The van der Waals surface area contributed by atoms with Crippen LogP contribution in [0.25, 0.3) is 0 Å². The van der Waals surface area contributed by atoms with Crippen LogP contribution in [0.1, 0.15) is 73.8 Å². The molecular weight excluding hydrogens is 536 g/mol. The maximum absolute atomic E-state index is 13.5. The molecule has 1 aliphatic rings. The van der Waals surface area contributed by atoms with E-state index in [0.717, 1.165) is 18.4 Å². The van der Waals surface area contributed by atoms with Gasteiger partial charge in [-0.25, -0.2) is 14.6 Å². The Hall–Kier alpha value is -3.89. The number of nitrogens with one attached hydrogen (secondary N) is 1. The van der Waals surface area contributed by atoms with Crippen molar-refractivity contribution in [2.75, 3.05) is 41.3 Å². The second-order valence-electron chi connectivity index (χ2n) is 11.7. The van der Waals surface area contributed by atoms with Crippen molar-refractivity contribution >= 4 is 35.4 Å². The zero-order valence-corrected chi connectivity index (χ0v) is 26.3. The summed E-state index contributed by atoms with van der Waals surface area (Å²) >= 11 is 0. The highest BCUT2D eigenvalue weighted by Gasteiger charge is 2.29. The fourth-order valence-electron chi connectivity index (χ4n) is 4.84. The van der Waals surface area contributed by atoms with Gasteiger partial charge in [-0.15, -0.1) is 0 Å². The SMILES string of the molecule is CCN(CC)c1ncc(N(C(C)=O)C(C)C)c(N[C@@H](Cc2ccc(OC(=O)N3CCCC3)cc2)C(=O)OC(C)(C)C)n1. The molecule has 1 atom stereocenters. The number of esters is 1. The van der Waals surface area contributed by atoms with Crippen molar-refractivity contribution in [3.8, 4) is 5.75 Å². The van der Waals surface area contributed by atoms with Gasteiger partial charge in [0.2, 0.25) is 11.9 Å². The van der Waals surface area contributed by atoms with Gasteiger partial charge in [-0.1, -0.05) is 12.1 Å². The number of amides is 2. The van der Waals surface area contributed by atoms with E-state index in [0.29, 0.717) is 49.4 Å². The number of ether oxygens (including phenoxy) is 2. The second kappa shape index (κ2) is 14.3. The fraction of sp³-hybridized carbons (Fsp3) is 0.581. The van der Waals surface area contributed by atoms with Crippen LogP contribution in [0.2, 0.25) is 0 Å². The van der Waals surface area contributed by atoms with Gasteiger partial charge in [0, 0.05) is 45.6 Å². The number of carbonyl (C=O) groups is 3. The number of aromatic nitrogens is 2. The largest absolute Gasteiger partial charge is 0.458 e. The summed E-state index contributed by atoms with van der Waals surface area (Å²) in [5.41, 5.74) is 0.590. The van der Waals surface area contributed by atoms with Gasteiger partial charge < -0.3 is 29.5 Å². The van der Waals surface area contributed by atoms with Crippen molar-refractivity contribution in [2.45, 2.75) is 92.3 Å². The summed E-state index contributed by atoms with van der Waals surface area (Å²) in [6.45, 7) is 17.6. The molecule has 0 saturated carbocycles. The Morgan fingerprint density at radius 2 is 1.67 bits per heavy atom. The van der Waals surface area contributed by atoms with Gasteiger partial charge in [0.15, 0.2) is 5.82 Å². The van der Waals surface area contributed by atoms with Crippen LogP contribution < -0.4 is 19.9 Å². The number of carbonyl (C=O) groups excluding carboxylic acids is 3. The smallest absolute Gasteiger partial charge is 0.415 e. The molecule has 11 nitrogen and oxygen atoms in total. The van der Waals surface area contributed by atoms with Crippen molar-refractivity contribution in [1.29, 1.82) is 0 Å². The number of nitrogens with zero attached hydrogens (tertiary/aromatic N) is 5. The molecule has 2 aromatic rings. The van der Waals surface area contributed by atoms with Crippen LogP contribution in [-0.4, -0.2) is 76.7 Å². The van der Waals surface area contributed by atoms with Crippen molar-refractivity contribution in [3.63, 3.8) is 0 Å². The predicted molar refractivity (Wildman–Crippen MR) is 164 cm³/mol. The van der Waals surface area contributed by atoms with E-state index in [-0.39, 0.29) is 24.5 Å². The lowest BCUT2D eigenvalue weighted by atomic mass is 10.0. The Balaban J connectivity index is 1.94. The van der Waals surface area contributed by atoms with E-state index in [1.165, 1.54) is 6.92 Å². The minimum absolute atomic E-state index is 0.165. The highest BCUT2D eigenvalue weighted by Crippen LogP contribution is 2.29. The van der Waals surface area contributed by atoms with E-state index < -0.39 is 17.6 Å². The van der Waals surface area contributed by atoms with Gasteiger partial charge in [-0.05, 0) is 79.0 Å². The van der Waals surface area contributed by atoms with Crippen LogP contribution >= 0.6 is 0 Å². The third-order valence-corrected chi connectivity index (χ3v) is 6.85. The van der Waals surface area contributed by atoms with Crippen LogP contribution in [0.4, 0.5) is 22.2 Å². The van der Waals surface area contributed by atoms with Crippen molar-refractivity contribution in [2.24, 2.45) is 0 Å². The maximum Gasteiger partial charge on any atom is 0.415 e. The first-order chi connectivity index (χ1) is 19.8. The van der Waals surface area contributed by atoms with Gasteiger partial charge in [0.25, 0.3) is 0 Å². The summed E-state index contributed by atoms with van der Waals surface area (Å²) in [5.74, 6) is 0.668. The van der Waals surface area contributed by atoms with E-state index >= 15 is 0 Å². The quantitative estimate of drug-likeness (QED) is 0.364. The summed E-state index contributed by atoms with van der Waals surface area (Å²) in [5, 5.41) is 3.30. The minimum atomic E-state index is -0.832. The molecule has 0 bridgehead atoms. The lowest BCUT2D eigenvalue weighted by Gasteiger charge is -2.30. The van der Waals surface area contributed by atoms with Crippen molar-refractivity contribution in [1.82, 2.24) is 14.9 Å². The first-order valence-electron chi connectivity index (χ1n) is 14.8. The molecule has 1 fully saturated rings. The van der Waals surface area contributed by atoms with Gasteiger partial charge in [-0.3, -0.25) is 4.79 Å². The third kappa shape index (κ3) is 8.80. The monoisotopic (exact) mass is 582 g/mol. The van der Waals surface area contributed by atoms with Crippen LogP contribution in [0.3, 0.4) is 0 Å². The molecule has 2 heterocycles. The number of hydrogen-bond acceptors (Lipinski definition) is 9. The molecule has 1 N–H and O–H groups in total. The Kier molecular flexibility index (Phi) is 11.1. The summed E-state index contributed by atoms with van der Waals surface area (Å²) in [4.78, 5) is 53.2. The van der Waals surface area contributed by atoms with E-state index in [1.54, 1.807) is 28.1 Å². The third-order valence-electron chi connectivity index (χ3n) is 6.85. The molecule has 11 heteroatoms. The molecular formula is C31H46N6O5. The van der Waals surface area contributed by atoms with Crippen LogP contribution in [0, 0.1) is 0 Å². The predicted octanol–water partition coefficient (Wildman–Crippen LogP) is 5.04. The molecule has 3 rings (SSSR count). The molecule has 0 unspecified atom stereocenters. The molecule has 42 heavy (non-hydrogen) atoms. The number of benzene rings is 1. The lowest BCUT2D eigenvalue weighted by Crippen LogP contribution is -2.40. The molecule has 1 aliphatic heterocycles. The summed E-state index contributed by atoms with van der Waals surface area (Å²) in [7, 11) is 0. The summed E-state index contributed by atoms with van der Waals surface area (Å²) < 4.78 is 11.3. The summed E-state index contributed by atoms with van der Waals surface area (Å²) in [6.07, 6.45) is 3.51. The van der Waals surface area contributed by atoms with Crippen LogP contribution in [-0.2, 0) is 20.7 Å². The standard InChI is InChI=1S/C31H46N6O5/c1-9-35(10-2)29-32-20-26(37(21(3)4)22(5)38)27(34-29)33-25(28(39)42-31(6,7)8)19-23-13-15-24(16-14-23)41-30(40)36-17-11-12-18-36/h13-16,20-21,25H,9-12,17-19H2,1-8H3,(H,32,33,34)/t25-/m0/s1. The number of anilines is 3. The van der Waals surface area contributed by atoms with E-state index in [2.05, 4.69) is 10.3 Å². The van der Waals surface area contributed by atoms with Crippen LogP contribution in [0.5, 0.6) is 5.75 Å². The first-order valence-corrected chi connectivity index (χ1v) is 14.8. The maximum atomic E-state index is 13.5. The topological polar surface area (TPSA) is 117 Å². The fourth-order valence-corrected chi connectivity index (χ4v) is 4.84. The van der Waals surface area contributed by atoms with Gasteiger partial charge in [-0.2, -0.15) is 4.98 Å². The average Bonchev–Trinajstić information content (AvgIpc) is 3.45. The van der Waals surface area contributed by atoms with Crippen molar-refractivity contribution in [3.05, 3.63) is 36.0 Å². The molecule has 1 saturated heterocycles. The molecule has 2 amide bonds. The number of hydrogen-bond donors (Lipinski definition) is 1. The molecule has 0 aliphatic carbocycles.